The van der Waals surface area contributed by atoms with E-state index in [1.165, 1.54) is 11.8 Å². The Kier molecular flexibility index (Phi) is 4.85. The first kappa shape index (κ1) is 16.5. The molecule has 0 radical (unpaired) electrons. The molecular formula is C18H19N3O2S. The number of amides is 1. The molecule has 2 heterocycles. The molecule has 0 aliphatic rings. The largest absolute Gasteiger partial charge is 0.338 e. The van der Waals surface area contributed by atoms with E-state index in [1.54, 1.807) is 6.07 Å². The molecule has 0 saturated carbocycles. The number of aryl methyl sites for hydroxylation is 1. The highest BCUT2D eigenvalue weighted by atomic mass is 32.2. The number of rotatable bonds is 5. The number of anilines is 1. The van der Waals surface area contributed by atoms with Gasteiger partial charge in [-0.05, 0) is 30.5 Å². The van der Waals surface area contributed by atoms with Gasteiger partial charge in [0.25, 0.3) is 0 Å². The van der Waals surface area contributed by atoms with E-state index in [1.807, 2.05) is 38.1 Å². The van der Waals surface area contributed by atoms with Gasteiger partial charge in [-0.2, -0.15) is 0 Å². The average molecular weight is 341 g/mol. The van der Waals surface area contributed by atoms with Gasteiger partial charge < -0.3 is 4.52 Å². The SMILES string of the molecule is Cc1cc(SCC(=O)Nc2cc(C(C)C)no2)nc2ccccc12. The van der Waals surface area contributed by atoms with Crippen molar-refractivity contribution in [2.75, 3.05) is 11.1 Å². The zero-order valence-electron chi connectivity index (χ0n) is 13.9. The minimum Gasteiger partial charge on any atom is -0.338 e. The summed E-state index contributed by atoms with van der Waals surface area (Å²) in [4.78, 5) is 16.7. The van der Waals surface area contributed by atoms with Crippen molar-refractivity contribution in [3.63, 3.8) is 0 Å². The maximum atomic E-state index is 12.1. The molecule has 0 aliphatic carbocycles. The second-order valence-corrected chi connectivity index (χ2v) is 6.90. The van der Waals surface area contributed by atoms with Crippen LogP contribution in [0.1, 0.15) is 31.0 Å². The van der Waals surface area contributed by atoms with Crippen LogP contribution in [0.2, 0.25) is 0 Å². The topological polar surface area (TPSA) is 68.0 Å². The summed E-state index contributed by atoms with van der Waals surface area (Å²) >= 11 is 1.40. The van der Waals surface area contributed by atoms with E-state index in [2.05, 4.69) is 28.4 Å². The predicted octanol–water partition coefficient (Wildman–Crippen LogP) is 4.39. The second-order valence-electron chi connectivity index (χ2n) is 5.90. The van der Waals surface area contributed by atoms with Crippen LogP contribution in [-0.4, -0.2) is 21.8 Å². The highest BCUT2D eigenvalue weighted by Gasteiger charge is 2.11. The molecule has 5 nitrogen and oxygen atoms in total. The van der Waals surface area contributed by atoms with Crippen molar-refractivity contribution in [1.29, 1.82) is 0 Å². The molecule has 0 saturated heterocycles. The number of carbonyl (C=O) groups is 1. The fourth-order valence-electron chi connectivity index (χ4n) is 2.33. The fraction of sp³-hybridized carbons (Fsp3) is 0.278. The van der Waals surface area contributed by atoms with Gasteiger partial charge in [0, 0.05) is 11.5 Å². The van der Waals surface area contributed by atoms with Crippen LogP contribution in [0.15, 0.2) is 45.9 Å². The lowest BCUT2D eigenvalue weighted by Crippen LogP contribution is -2.13. The van der Waals surface area contributed by atoms with Gasteiger partial charge in [0.05, 0.1) is 22.0 Å². The maximum Gasteiger partial charge on any atom is 0.237 e. The van der Waals surface area contributed by atoms with Crippen molar-refractivity contribution in [3.05, 3.63) is 47.7 Å². The van der Waals surface area contributed by atoms with Gasteiger partial charge in [0.1, 0.15) is 0 Å². The quantitative estimate of drug-likeness (QED) is 0.697. The van der Waals surface area contributed by atoms with Gasteiger partial charge in [0.15, 0.2) is 0 Å². The Morgan fingerprint density at radius 1 is 1.29 bits per heavy atom. The highest BCUT2D eigenvalue weighted by Crippen LogP contribution is 2.24. The number of fused-ring (bicyclic) bond motifs is 1. The third-order valence-electron chi connectivity index (χ3n) is 3.63. The molecule has 1 aromatic carbocycles. The van der Waals surface area contributed by atoms with Gasteiger partial charge in [0.2, 0.25) is 11.8 Å². The van der Waals surface area contributed by atoms with Crippen molar-refractivity contribution >= 4 is 34.5 Å². The minimum atomic E-state index is -0.140. The molecule has 1 amide bonds. The highest BCUT2D eigenvalue weighted by molar-refractivity contribution is 7.99. The number of hydrogen-bond acceptors (Lipinski definition) is 5. The van der Waals surface area contributed by atoms with Crippen LogP contribution >= 0.6 is 11.8 Å². The second kappa shape index (κ2) is 7.05. The Morgan fingerprint density at radius 3 is 2.83 bits per heavy atom. The molecule has 3 rings (SSSR count). The summed E-state index contributed by atoms with van der Waals surface area (Å²) in [6.45, 7) is 6.09. The van der Waals surface area contributed by atoms with Crippen molar-refractivity contribution in [2.24, 2.45) is 0 Å². The van der Waals surface area contributed by atoms with Gasteiger partial charge in [-0.3, -0.25) is 10.1 Å². The van der Waals surface area contributed by atoms with E-state index < -0.39 is 0 Å². The fourth-order valence-corrected chi connectivity index (χ4v) is 3.10. The Hall–Kier alpha value is -2.34. The smallest absolute Gasteiger partial charge is 0.237 e. The Bertz CT molecular complexity index is 874. The molecule has 0 bridgehead atoms. The lowest BCUT2D eigenvalue weighted by Gasteiger charge is -2.06. The first-order valence-corrected chi connectivity index (χ1v) is 8.77. The summed E-state index contributed by atoms with van der Waals surface area (Å²) in [5.41, 5.74) is 2.92. The van der Waals surface area contributed by atoms with Gasteiger partial charge in [-0.25, -0.2) is 4.98 Å². The molecule has 24 heavy (non-hydrogen) atoms. The molecule has 0 unspecified atom stereocenters. The van der Waals surface area contributed by atoms with Gasteiger partial charge >= 0.3 is 0 Å². The van der Waals surface area contributed by atoms with Crippen LogP contribution < -0.4 is 5.32 Å². The Morgan fingerprint density at radius 2 is 2.08 bits per heavy atom. The number of nitrogens with one attached hydrogen (secondary N) is 1. The first-order valence-electron chi connectivity index (χ1n) is 7.78. The van der Waals surface area contributed by atoms with Crippen LogP contribution in [0, 0.1) is 6.92 Å². The van der Waals surface area contributed by atoms with E-state index in [0.717, 1.165) is 27.2 Å². The van der Waals surface area contributed by atoms with Crippen LogP contribution in [0.4, 0.5) is 5.88 Å². The van der Waals surface area contributed by atoms with Crippen LogP contribution in [-0.2, 0) is 4.79 Å². The number of thioether (sulfide) groups is 1. The molecular weight excluding hydrogens is 322 g/mol. The Labute approximate surface area is 144 Å². The monoisotopic (exact) mass is 341 g/mol. The summed E-state index contributed by atoms with van der Waals surface area (Å²) in [5.74, 6) is 0.771. The van der Waals surface area contributed by atoms with Gasteiger partial charge in [-0.1, -0.05) is 49.0 Å². The van der Waals surface area contributed by atoms with Crippen molar-refractivity contribution in [1.82, 2.24) is 10.1 Å². The molecule has 6 heteroatoms. The van der Waals surface area contributed by atoms with Gasteiger partial charge in [-0.15, -0.1) is 0 Å². The van der Waals surface area contributed by atoms with Crippen molar-refractivity contribution in [3.8, 4) is 0 Å². The summed E-state index contributed by atoms with van der Waals surface area (Å²) < 4.78 is 5.12. The molecule has 0 spiro atoms. The third-order valence-corrected chi connectivity index (χ3v) is 4.54. The van der Waals surface area contributed by atoms with Crippen LogP contribution in [0.3, 0.4) is 0 Å². The number of aromatic nitrogens is 2. The van der Waals surface area contributed by atoms with E-state index in [-0.39, 0.29) is 17.6 Å². The number of carbonyl (C=O) groups excluding carboxylic acids is 1. The predicted molar refractivity (Wildman–Crippen MR) is 96.4 cm³/mol. The molecule has 1 N–H and O–H groups in total. The lowest BCUT2D eigenvalue weighted by molar-refractivity contribution is -0.113. The molecule has 3 aromatic rings. The normalized spacial score (nSPS) is 11.2. The van der Waals surface area contributed by atoms with Crippen molar-refractivity contribution < 1.29 is 9.32 Å². The van der Waals surface area contributed by atoms with Crippen LogP contribution in [0.25, 0.3) is 10.9 Å². The standard InChI is InChI=1S/C18H19N3O2S/c1-11(2)15-9-17(23-21-15)20-16(22)10-24-18-8-12(3)13-6-4-5-7-14(13)19-18/h4-9,11H,10H2,1-3H3,(H,20,22). The number of pyridine rings is 1. The van der Waals surface area contributed by atoms with Crippen molar-refractivity contribution in [2.45, 2.75) is 31.7 Å². The Balaban J connectivity index is 1.63. The van der Waals surface area contributed by atoms with Crippen LogP contribution in [0.5, 0.6) is 0 Å². The molecule has 0 aliphatic heterocycles. The number of benzene rings is 1. The summed E-state index contributed by atoms with van der Waals surface area (Å²) in [6.07, 6.45) is 0. The molecule has 2 aromatic heterocycles. The zero-order valence-corrected chi connectivity index (χ0v) is 14.7. The maximum absolute atomic E-state index is 12.1. The molecule has 0 atom stereocenters. The zero-order chi connectivity index (χ0) is 17.1. The molecule has 0 fully saturated rings. The minimum absolute atomic E-state index is 0.140. The van der Waals surface area contributed by atoms with E-state index in [0.29, 0.717) is 5.88 Å². The van der Waals surface area contributed by atoms with E-state index in [4.69, 9.17) is 4.52 Å². The number of para-hydroxylation sites is 1. The number of nitrogens with zero attached hydrogens (tertiary/aromatic N) is 2. The lowest BCUT2D eigenvalue weighted by atomic mass is 10.1. The van der Waals surface area contributed by atoms with E-state index in [9.17, 15) is 4.79 Å². The average Bonchev–Trinajstić information content (AvgIpc) is 3.02. The summed E-state index contributed by atoms with van der Waals surface area (Å²) in [5, 5.41) is 8.61. The number of hydrogen-bond donors (Lipinski definition) is 1. The first-order chi connectivity index (χ1) is 11.5. The molecule has 124 valence electrons. The summed E-state index contributed by atoms with van der Waals surface area (Å²) in [6, 6.07) is 11.8. The summed E-state index contributed by atoms with van der Waals surface area (Å²) in [7, 11) is 0. The van der Waals surface area contributed by atoms with E-state index >= 15 is 0 Å². The third kappa shape index (κ3) is 3.76.